The molecule has 2 saturated carbocycles. The van der Waals surface area contributed by atoms with E-state index in [2.05, 4.69) is 133 Å². The third kappa shape index (κ3) is 8.07. The van der Waals surface area contributed by atoms with Gasteiger partial charge in [0.05, 0.1) is 35.4 Å². The fourth-order valence-electron chi connectivity index (χ4n) is 8.33. The first-order valence-corrected chi connectivity index (χ1v) is 21.4. The molecule has 60 heavy (non-hydrogen) atoms. The molecule has 0 N–H and O–H groups in total. The van der Waals surface area contributed by atoms with E-state index >= 15 is 0 Å². The standard InChI is InChI=1S/C52H48N6O2/c1-4-33-10-15-36(16-11-33)44-28-53-32(3)55-51(44)59-30-40-26-43(40)49-23-20-39-24-35(14-21-47(39)57-49)25-50-54-29-45(37-17-12-34(5-2)13-18-37)52(58-50)60-31-41-27-42(41)48-22-19-38-8-6-7-9-46(38)56-48/h6-24,28-29,40-43H,4-5,25-27,30-31H2,1-3H3/t40-,41-,42+,43+/m1/s1. The van der Waals surface area contributed by atoms with Gasteiger partial charge in [-0.05, 0) is 90.8 Å². The number of benzene rings is 4. The van der Waals surface area contributed by atoms with Gasteiger partial charge in [0.15, 0.2) is 0 Å². The van der Waals surface area contributed by atoms with E-state index in [1.165, 1.54) is 16.5 Å². The van der Waals surface area contributed by atoms with E-state index in [1.807, 2.05) is 25.4 Å². The van der Waals surface area contributed by atoms with Gasteiger partial charge in [-0.1, -0.05) is 98.8 Å². The molecule has 4 heterocycles. The van der Waals surface area contributed by atoms with Gasteiger partial charge in [-0.25, -0.2) is 9.97 Å². The Labute approximate surface area is 351 Å². The van der Waals surface area contributed by atoms with Crippen molar-refractivity contribution >= 4 is 21.8 Å². The lowest BCUT2D eigenvalue weighted by Crippen LogP contribution is -2.07. The lowest BCUT2D eigenvalue weighted by molar-refractivity contribution is 0.285. The van der Waals surface area contributed by atoms with Gasteiger partial charge in [-0.2, -0.15) is 9.97 Å². The lowest BCUT2D eigenvalue weighted by atomic mass is 10.0. The Morgan fingerprint density at radius 2 is 1.08 bits per heavy atom. The van der Waals surface area contributed by atoms with Crippen molar-refractivity contribution in [2.75, 3.05) is 13.2 Å². The highest BCUT2D eigenvalue weighted by atomic mass is 16.5. The summed E-state index contributed by atoms with van der Waals surface area (Å²) < 4.78 is 13.0. The highest BCUT2D eigenvalue weighted by molar-refractivity contribution is 5.80. The van der Waals surface area contributed by atoms with Gasteiger partial charge in [0.1, 0.15) is 11.6 Å². The molecule has 0 saturated heterocycles. The highest BCUT2D eigenvalue weighted by Gasteiger charge is 2.41. The van der Waals surface area contributed by atoms with Crippen LogP contribution in [0.4, 0.5) is 0 Å². The van der Waals surface area contributed by atoms with Crippen LogP contribution in [0.1, 0.15) is 78.3 Å². The zero-order chi connectivity index (χ0) is 40.6. The Morgan fingerprint density at radius 3 is 1.72 bits per heavy atom. The summed E-state index contributed by atoms with van der Waals surface area (Å²) >= 11 is 0. The number of rotatable bonds is 14. The molecule has 2 fully saturated rings. The third-order valence-corrected chi connectivity index (χ3v) is 12.3. The van der Waals surface area contributed by atoms with Crippen molar-refractivity contribution in [2.45, 2.75) is 64.7 Å². The Hall–Kier alpha value is -6.54. The van der Waals surface area contributed by atoms with Gasteiger partial charge in [-0.15, -0.1) is 0 Å². The van der Waals surface area contributed by atoms with E-state index in [4.69, 9.17) is 29.4 Å². The first kappa shape index (κ1) is 37.7. The molecule has 10 rings (SSSR count). The van der Waals surface area contributed by atoms with E-state index in [9.17, 15) is 0 Å². The molecule has 8 nitrogen and oxygen atoms in total. The fourth-order valence-corrected chi connectivity index (χ4v) is 8.33. The number of nitrogens with zero attached hydrogens (tertiary/aromatic N) is 6. The number of aromatic nitrogens is 6. The lowest BCUT2D eigenvalue weighted by Gasteiger charge is -2.13. The van der Waals surface area contributed by atoms with E-state index in [1.54, 1.807) is 0 Å². The summed E-state index contributed by atoms with van der Waals surface area (Å²) in [6.45, 7) is 7.42. The Kier molecular flexibility index (Phi) is 10.2. The van der Waals surface area contributed by atoms with Gasteiger partial charge >= 0.3 is 0 Å². The zero-order valence-corrected chi connectivity index (χ0v) is 34.4. The number of hydrogen-bond acceptors (Lipinski definition) is 8. The van der Waals surface area contributed by atoms with E-state index in [0.717, 1.165) is 87.1 Å². The van der Waals surface area contributed by atoms with Crippen molar-refractivity contribution in [3.63, 3.8) is 0 Å². The summed E-state index contributed by atoms with van der Waals surface area (Å²) in [6, 6.07) is 40.7. The molecular formula is C52H48N6O2. The molecule has 2 aliphatic rings. The summed E-state index contributed by atoms with van der Waals surface area (Å²) in [7, 11) is 0. The van der Waals surface area contributed by atoms with Crippen LogP contribution < -0.4 is 9.47 Å². The molecule has 8 heteroatoms. The molecule has 0 unspecified atom stereocenters. The van der Waals surface area contributed by atoms with Crippen molar-refractivity contribution in [3.8, 4) is 34.0 Å². The second-order valence-electron chi connectivity index (χ2n) is 16.4. The maximum Gasteiger partial charge on any atom is 0.224 e. The smallest absolute Gasteiger partial charge is 0.224 e. The summed E-state index contributed by atoms with van der Waals surface area (Å²) in [5, 5.41) is 2.27. The molecule has 2 aliphatic carbocycles. The SMILES string of the molecule is CCc1ccc(-c2cnc(C)nc2OC[C@H]2C[C@@H]2c2ccc3cc(Cc4ncc(-c5ccc(CC)cc5)c(OC[C@H]5C[C@@H]5c5ccc6ccccc6n5)n4)ccc3n2)cc1. The number of ether oxygens (including phenoxy) is 2. The largest absolute Gasteiger partial charge is 0.477 e. The minimum absolute atomic E-state index is 0.363. The van der Waals surface area contributed by atoms with Crippen LogP contribution >= 0.6 is 0 Å². The Balaban J connectivity index is 0.815. The van der Waals surface area contributed by atoms with Crippen LogP contribution in [0.5, 0.6) is 11.8 Å². The maximum absolute atomic E-state index is 6.59. The topological polar surface area (TPSA) is 95.8 Å². The van der Waals surface area contributed by atoms with Gasteiger partial charge < -0.3 is 9.47 Å². The predicted octanol–water partition coefficient (Wildman–Crippen LogP) is 11.1. The molecule has 0 radical (unpaired) electrons. The summed E-state index contributed by atoms with van der Waals surface area (Å²) in [5.41, 5.74) is 12.0. The second kappa shape index (κ2) is 16.3. The van der Waals surface area contributed by atoms with E-state index in [0.29, 0.717) is 60.9 Å². The maximum atomic E-state index is 6.59. The molecule has 0 amide bonds. The van der Waals surface area contributed by atoms with Crippen LogP contribution in [-0.4, -0.2) is 43.1 Å². The van der Waals surface area contributed by atoms with Crippen molar-refractivity contribution in [1.29, 1.82) is 0 Å². The number of hydrogen-bond donors (Lipinski definition) is 0. The van der Waals surface area contributed by atoms with Crippen molar-refractivity contribution < 1.29 is 9.47 Å². The first-order chi connectivity index (χ1) is 29.5. The van der Waals surface area contributed by atoms with Gasteiger partial charge in [0, 0.05) is 64.6 Å². The molecule has 4 aromatic carbocycles. The number of fused-ring (bicyclic) bond motifs is 2. The van der Waals surface area contributed by atoms with Crippen LogP contribution in [0.2, 0.25) is 0 Å². The Morgan fingerprint density at radius 1 is 0.533 bits per heavy atom. The first-order valence-electron chi connectivity index (χ1n) is 21.4. The van der Waals surface area contributed by atoms with Crippen LogP contribution in [0.15, 0.2) is 128 Å². The fraction of sp³-hybridized carbons (Fsp3) is 0.269. The van der Waals surface area contributed by atoms with Crippen LogP contribution in [0, 0.1) is 18.8 Å². The molecule has 4 atom stereocenters. The summed E-state index contributed by atoms with van der Waals surface area (Å²) in [5.74, 6) is 4.25. The molecule has 0 bridgehead atoms. The number of aryl methyl sites for hydroxylation is 3. The van der Waals surface area contributed by atoms with Gasteiger partial charge in [0.2, 0.25) is 11.8 Å². The Bertz CT molecular complexity index is 2820. The molecule has 0 spiro atoms. The average molecular weight is 789 g/mol. The van der Waals surface area contributed by atoms with Crippen molar-refractivity contribution in [2.24, 2.45) is 11.8 Å². The van der Waals surface area contributed by atoms with E-state index < -0.39 is 0 Å². The number of pyridine rings is 2. The second-order valence-corrected chi connectivity index (χ2v) is 16.4. The monoisotopic (exact) mass is 788 g/mol. The number of para-hydroxylation sites is 1. The quantitative estimate of drug-likeness (QED) is 0.107. The minimum Gasteiger partial charge on any atom is -0.477 e. The van der Waals surface area contributed by atoms with Crippen molar-refractivity contribution in [3.05, 3.63) is 167 Å². The zero-order valence-electron chi connectivity index (χ0n) is 34.4. The van der Waals surface area contributed by atoms with Crippen LogP contribution in [0.3, 0.4) is 0 Å². The summed E-state index contributed by atoms with van der Waals surface area (Å²) in [4.78, 5) is 29.1. The normalized spacial score (nSPS) is 18.1. The molecule has 298 valence electrons. The summed E-state index contributed by atoms with van der Waals surface area (Å²) in [6.07, 6.45) is 8.49. The van der Waals surface area contributed by atoms with Gasteiger partial charge in [0.25, 0.3) is 0 Å². The van der Waals surface area contributed by atoms with Crippen LogP contribution in [-0.2, 0) is 19.3 Å². The predicted molar refractivity (Wildman–Crippen MR) is 237 cm³/mol. The molecule has 8 aromatic rings. The molecule has 4 aromatic heterocycles. The highest BCUT2D eigenvalue weighted by Crippen LogP contribution is 2.48. The third-order valence-electron chi connectivity index (χ3n) is 12.3. The van der Waals surface area contributed by atoms with Crippen molar-refractivity contribution in [1.82, 2.24) is 29.9 Å². The van der Waals surface area contributed by atoms with Crippen LogP contribution in [0.25, 0.3) is 44.1 Å². The van der Waals surface area contributed by atoms with E-state index in [-0.39, 0.29) is 0 Å². The minimum atomic E-state index is 0.363. The molecular weight excluding hydrogens is 741 g/mol. The van der Waals surface area contributed by atoms with Gasteiger partial charge in [-0.3, -0.25) is 9.97 Å². The molecule has 0 aliphatic heterocycles. The average Bonchev–Trinajstić information content (AvgIpc) is 4.24.